The topological polar surface area (TPSA) is 62.9 Å². The fraction of sp³-hybridized carbons (Fsp3) is 0.500. The number of halogens is 1. The molecule has 5 nitrogen and oxygen atoms in total. The van der Waals surface area contributed by atoms with Gasteiger partial charge in [0, 0.05) is 13.7 Å². The molecule has 18 heavy (non-hydrogen) atoms. The second-order valence-electron chi connectivity index (χ2n) is 3.42. The van der Waals surface area contributed by atoms with Crippen molar-refractivity contribution in [3.8, 4) is 17.2 Å². The Kier molecular flexibility index (Phi) is 7.50. The lowest BCUT2D eigenvalue weighted by Crippen LogP contribution is -2.14. The van der Waals surface area contributed by atoms with Gasteiger partial charge < -0.3 is 24.7 Å². The van der Waals surface area contributed by atoms with Crippen LogP contribution in [0.1, 0.15) is 11.7 Å². The van der Waals surface area contributed by atoms with Crippen LogP contribution in [-0.2, 0) is 4.74 Å². The summed E-state index contributed by atoms with van der Waals surface area (Å²) in [5.41, 5.74) is 6.52. The molecule has 0 heterocycles. The lowest BCUT2D eigenvalue weighted by atomic mass is 10.1. The molecule has 0 aliphatic carbocycles. The Hall–Kier alpha value is -1.17. The smallest absolute Gasteiger partial charge is 0.203 e. The van der Waals surface area contributed by atoms with Crippen molar-refractivity contribution in [2.45, 2.75) is 6.10 Å². The number of hydrogen-bond donors (Lipinski definition) is 1. The molecule has 0 amide bonds. The van der Waals surface area contributed by atoms with Crippen molar-refractivity contribution in [2.75, 3.05) is 35.0 Å². The van der Waals surface area contributed by atoms with Gasteiger partial charge in [0.15, 0.2) is 11.5 Å². The molecule has 0 aliphatic rings. The highest BCUT2D eigenvalue weighted by atomic mass is 35.5. The van der Waals surface area contributed by atoms with Crippen LogP contribution in [0.5, 0.6) is 17.2 Å². The maximum absolute atomic E-state index is 5.63. The highest BCUT2D eigenvalue weighted by molar-refractivity contribution is 5.85. The third kappa shape index (κ3) is 3.41. The van der Waals surface area contributed by atoms with Crippen LogP contribution >= 0.6 is 12.4 Å². The zero-order valence-electron chi connectivity index (χ0n) is 11.1. The molecule has 6 heteroatoms. The molecule has 2 N–H and O–H groups in total. The zero-order valence-corrected chi connectivity index (χ0v) is 11.9. The van der Waals surface area contributed by atoms with Crippen LogP contribution in [-0.4, -0.2) is 35.0 Å². The maximum atomic E-state index is 5.63. The van der Waals surface area contributed by atoms with Gasteiger partial charge in [-0.05, 0) is 17.7 Å². The molecule has 1 aromatic rings. The average Bonchev–Trinajstić information content (AvgIpc) is 2.38. The summed E-state index contributed by atoms with van der Waals surface area (Å²) in [6.07, 6.45) is -0.191. The molecule has 0 aliphatic heterocycles. The first-order valence-electron chi connectivity index (χ1n) is 5.24. The minimum Gasteiger partial charge on any atom is -0.493 e. The van der Waals surface area contributed by atoms with Gasteiger partial charge in [0.25, 0.3) is 0 Å². The number of ether oxygens (including phenoxy) is 4. The van der Waals surface area contributed by atoms with E-state index in [1.165, 1.54) is 0 Å². The van der Waals surface area contributed by atoms with Crippen LogP contribution in [0, 0.1) is 0 Å². The fourth-order valence-corrected chi connectivity index (χ4v) is 1.66. The lowest BCUT2D eigenvalue weighted by Gasteiger charge is -2.18. The van der Waals surface area contributed by atoms with E-state index in [-0.39, 0.29) is 18.5 Å². The maximum Gasteiger partial charge on any atom is 0.203 e. The molecule has 0 spiro atoms. The number of hydrogen-bond acceptors (Lipinski definition) is 5. The van der Waals surface area contributed by atoms with Crippen LogP contribution in [0.2, 0.25) is 0 Å². The molecular formula is C12H20ClNO4. The Bertz CT molecular complexity index is 344. The molecule has 0 fully saturated rings. The van der Waals surface area contributed by atoms with Crippen LogP contribution < -0.4 is 19.9 Å². The second kappa shape index (κ2) is 8.02. The second-order valence-corrected chi connectivity index (χ2v) is 3.42. The number of methoxy groups -OCH3 is 4. The summed E-state index contributed by atoms with van der Waals surface area (Å²) in [6, 6.07) is 3.67. The molecule has 0 aromatic heterocycles. The van der Waals surface area contributed by atoms with E-state index in [0.29, 0.717) is 23.8 Å². The van der Waals surface area contributed by atoms with E-state index >= 15 is 0 Å². The summed E-state index contributed by atoms with van der Waals surface area (Å²) in [5, 5.41) is 0. The number of benzene rings is 1. The fourth-order valence-electron chi connectivity index (χ4n) is 1.66. The van der Waals surface area contributed by atoms with E-state index in [0.717, 1.165) is 5.56 Å². The SMILES string of the molecule is COc1cc(C(CN)OC)cc(OC)c1OC.Cl. The number of nitrogens with two attached hydrogens (primary N) is 1. The molecule has 104 valence electrons. The normalized spacial score (nSPS) is 11.4. The zero-order chi connectivity index (χ0) is 12.8. The minimum atomic E-state index is -0.191. The van der Waals surface area contributed by atoms with E-state index in [1.54, 1.807) is 28.4 Å². The van der Waals surface area contributed by atoms with Gasteiger partial charge in [0.1, 0.15) is 0 Å². The molecule has 0 bridgehead atoms. The summed E-state index contributed by atoms with van der Waals surface area (Å²) in [5.74, 6) is 1.75. The van der Waals surface area contributed by atoms with E-state index < -0.39 is 0 Å². The van der Waals surface area contributed by atoms with Crippen molar-refractivity contribution in [2.24, 2.45) is 5.73 Å². The van der Waals surface area contributed by atoms with Crippen molar-refractivity contribution in [3.63, 3.8) is 0 Å². The molecular weight excluding hydrogens is 258 g/mol. The van der Waals surface area contributed by atoms with Gasteiger partial charge in [0.2, 0.25) is 5.75 Å². The highest BCUT2D eigenvalue weighted by Gasteiger charge is 2.17. The first-order valence-corrected chi connectivity index (χ1v) is 5.24. The van der Waals surface area contributed by atoms with Crippen molar-refractivity contribution in [1.82, 2.24) is 0 Å². The minimum absolute atomic E-state index is 0. The molecule has 1 unspecified atom stereocenters. The third-order valence-corrected chi connectivity index (χ3v) is 2.56. The molecule has 1 rings (SSSR count). The summed E-state index contributed by atoms with van der Waals surface area (Å²) < 4.78 is 21.0. The van der Waals surface area contributed by atoms with Gasteiger partial charge in [-0.1, -0.05) is 0 Å². The largest absolute Gasteiger partial charge is 0.493 e. The van der Waals surface area contributed by atoms with E-state index in [1.807, 2.05) is 12.1 Å². The third-order valence-electron chi connectivity index (χ3n) is 2.56. The van der Waals surface area contributed by atoms with Crippen molar-refractivity contribution in [1.29, 1.82) is 0 Å². The van der Waals surface area contributed by atoms with Gasteiger partial charge in [-0.25, -0.2) is 0 Å². The van der Waals surface area contributed by atoms with E-state index in [9.17, 15) is 0 Å². The lowest BCUT2D eigenvalue weighted by molar-refractivity contribution is 0.110. The molecule has 1 aromatic carbocycles. The molecule has 0 saturated heterocycles. The Morgan fingerprint density at radius 2 is 1.50 bits per heavy atom. The highest BCUT2D eigenvalue weighted by Crippen LogP contribution is 2.39. The Morgan fingerprint density at radius 3 is 1.78 bits per heavy atom. The summed E-state index contributed by atoms with van der Waals surface area (Å²) in [4.78, 5) is 0. The predicted octanol–water partition coefficient (Wildman–Crippen LogP) is 1.78. The van der Waals surface area contributed by atoms with Crippen molar-refractivity contribution < 1.29 is 18.9 Å². The van der Waals surface area contributed by atoms with Gasteiger partial charge >= 0.3 is 0 Å². The van der Waals surface area contributed by atoms with E-state index in [2.05, 4.69) is 0 Å². The van der Waals surface area contributed by atoms with Gasteiger partial charge in [0.05, 0.1) is 27.4 Å². The summed E-state index contributed by atoms with van der Waals surface area (Å²) in [6.45, 7) is 0.384. The molecule has 1 atom stereocenters. The molecule has 0 saturated carbocycles. The average molecular weight is 278 g/mol. The van der Waals surface area contributed by atoms with Crippen LogP contribution in [0.15, 0.2) is 12.1 Å². The van der Waals surface area contributed by atoms with Crippen molar-refractivity contribution in [3.05, 3.63) is 17.7 Å². The Morgan fingerprint density at radius 1 is 1.00 bits per heavy atom. The Balaban J connectivity index is 0.00000289. The van der Waals surface area contributed by atoms with Crippen LogP contribution in [0.3, 0.4) is 0 Å². The van der Waals surface area contributed by atoms with Crippen LogP contribution in [0.25, 0.3) is 0 Å². The monoisotopic (exact) mass is 277 g/mol. The summed E-state index contributed by atoms with van der Waals surface area (Å²) in [7, 11) is 6.33. The first kappa shape index (κ1) is 16.8. The predicted molar refractivity (Wildman–Crippen MR) is 72.2 cm³/mol. The van der Waals surface area contributed by atoms with Crippen molar-refractivity contribution >= 4 is 12.4 Å². The quantitative estimate of drug-likeness (QED) is 0.859. The standard InChI is InChI=1S/C12H19NO4.ClH/c1-14-9-5-8(11(7-13)16-3)6-10(15-2)12(9)17-4;/h5-6,11H,7,13H2,1-4H3;1H. The molecule has 0 radical (unpaired) electrons. The van der Waals surface area contributed by atoms with Gasteiger partial charge in [-0.3, -0.25) is 0 Å². The number of rotatable bonds is 6. The first-order chi connectivity index (χ1) is 8.21. The van der Waals surface area contributed by atoms with E-state index in [4.69, 9.17) is 24.7 Å². The summed E-state index contributed by atoms with van der Waals surface area (Å²) >= 11 is 0. The van der Waals surface area contributed by atoms with Gasteiger partial charge in [-0.15, -0.1) is 12.4 Å². The van der Waals surface area contributed by atoms with Gasteiger partial charge in [-0.2, -0.15) is 0 Å². The van der Waals surface area contributed by atoms with Crippen LogP contribution in [0.4, 0.5) is 0 Å². The Labute approximate surface area is 114 Å².